The number of H-pyrrole nitrogens is 1. The van der Waals surface area contributed by atoms with Crippen molar-refractivity contribution in [2.24, 2.45) is 11.8 Å². The molecule has 0 bridgehead atoms. The number of nitrogens with zero attached hydrogens (tertiary/aromatic N) is 2. The second kappa shape index (κ2) is 5.12. The molecule has 1 N–H and O–H groups in total. The first-order chi connectivity index (χ1) is 8.47. The molecule has 4 nitrogen and oxygen atoms in total. The van der Waals surface area contributed by atoms with Crippen LogP contribution in [0.5, 0.6) is 0 Å². The number of hydrogen-bond donors (Lipinski definition) is 1. The molecule has 1 aromatic rings. The van der Waals surface area contributed by atoms with Crippen LogP contribution in [-0.4, -0.2) is 23.1 Å². The molecule has 0 aromatic carbocycles. The summed E-state index contributed by atoms with van der Waals surface area (Å²) in [6.07, 6.45) is 1.20. The summed E-state index contributed by atoms with van der Waals surface area (Å²) in [5.74, 6) is 3.28. The molecular weight excluding hydrogens is 226 g/mol. The minimum absolute atomic E-state index is 0.0447. The Labute approximate surface area is 108 Å². The maximum Gasteiger partial charge on any atom is 0.252 e. The Morgan fingerprint density at radius 1 is 1.39 bits per heavy atom. The largest absolute Gasteiger partial charge is 0.356 e. The van der Waals surface area contributed by atoms with Gasteiger partial charge in [-0.2, -0.15) is 0 Å². The number of rotatable bonds is 3. The van der Waals surface area contributed by atoms with Crippen molar-refractivity contribution >= 4 is 5.82 Å². The minimum atomic E-state index is -0.0447. The van der Waals surface area contributed by atoms with Crippen LogP contribution in [0.3, 0.4) is 0 Å². The molecule has 100 valence electrons. The van der Waals surface area contributed by atoms with E-state index in [1.165, 1.54) is 6.42 Å². The third kappa shape index (κ3) is 2.74. The number of anilines is 1. The van der Waals surface area contributed by atoms with Gasteiger partial charge in [-0.1, -0.05) is 27.7 Å². The monoisotopic (exact) mass is 249 g/mol. The molecule has 1 aromatic heterocycles. The van der Waals surface area contributed by atoms with Crippen molar-refractivity contribution in [2.75, 3.05) is 18.0 Å². The van der Waals surface area contributed by atoms with Gasteiger partial charge < -0.3 is 9.88 Å². The van der Waals surface area contributed by atoms with Gasteiger partial charge in [0.1, 0.15) is 11.6 Å². The SMILES string of the molecule is CC(C)c1nc(N2CCC(C(C)C)C2)cc(=O)[nH]1. The zero-order chi connectivity index (χ0) is 13.3. The third-order valence-electron chi connectivity index (χ3n) is 3.78. The molecule has 1 fully saturated rings. The van der Waals surface area contributed by atoms with Crippen LogP contribution in [0.25, 0.3) is 0 Å². The van der Waals surface area contributed by atoms with Crippen LogP contribution in [0, 0.1) is 11.8 Å². The van der Waals surface area contributed by atoms with Crippen LogP contribution < -0.4 is 10.5 Å². The van der Waals surface area contributed by atoms with E-state index in [4.69, 9.17) is 0 Å². The Morgan fingerprint density at radius 3 is 2.67 bits per heavy atom. The predicted octanol–water partition coefficient (Wildman–Crippen LogP) is 2.38. The van der Waals surface area contributed by atoms with E-state index in [-0.39, 0.29) is 11.5 Å². The summed E-state index contributed by atoms with van der Waals surface area (Å²) in [4.78, 5) is 21.3. The van der Waals surface area contributed by atoms with Gasteiger partial charge in [0.15, 0.2) is 0 Å². The van der Waals surface area contributed by atoms with Gasteiger partial charge in [-0.15, -0.1) is 0 Å². The fraction of sp³-hybridized carbons (Fsp3) is 0.714. The molecule has 0 radical (unpaired) electrons. The maximum absolute atomic E-state index is 11.7. The summed E-state index contributed by atoms with van der Waals surface area (Å²) >= 11 is 0. The number of nitrogens with one attached hydrogen (secondary N) is 1. The lowest BCUT2D eigenvalue weighted by atomic mass is 9.95. The van der Waals surface area contributed by atoms with Crippen molar-refractivity contribution in [1.82, 2.24) is 9.97 Å². The summed E-state index contributed by atoms with van der Waals surface area (Å²) in [5.41, 5.74) is -0.0447. The molecule has 0 spiro atoms. The van der Waals surface area contributed by atoms with Gasteiger partial charge in [-0.3, -0.25) is 4.79 Å². The molecule has 1 aliphatic heterocycles. The van der Waals surface area contributed by atoms with E-state index in [2.05, 4.69) is 28.7 Å². The van der Waals surface area contributed by atoms with E-state index in [9.17, 15) is 4.79 Å². The van der Waals surface area contributed by atoms with E-state index >= 15 is 0 Å². The molecular formula is C14H23N3O. The van der Waals surface area contributed by atoms with Gasteiger partial charge in [0.25, 0.3) is 5.56 Å². The summed E-state index contributed by atoms with van der Waals surface area (Å²) in [6, 6.07) is 1.62. The average Bonchev–Trinajstić information content (AvgIpc) is 2.77. The second-order valence-corrected chi connectivity index (χ2v) is 5.88. The Morgan fingerprint density at radius 2 is 2.11 bits per heavy atom. The van der Waals surface area contributed by atoms with Crippen LogP contribution in [0.1, 0.15) is 45.9 Å². The molecule has 0 aliphatic carbocycles. The molecule has 18 heavy (non-hydrogen) atoms. The Bertz CT molecular complexity index is 464. The highest BCUT2D eigenvalue weighted by Gasteiger charge is 2.26. The number of aromatic amines is 1. The Balaban J connectivity index is 2.22. The summed E-state index contributed by atoms with van der Waals surface area (Å²) in [6.45, 7) is 10.6. The molecule has 1 unspecified atom stereocenters. The highest BCUT2D eigenvalue weighted by molar-refractivity contribution is 5.39. The van der Waals surface area contributed by atoms with Crippen LogP contribution in [0.2, 0.25) is 0 Å². The third-order valence-corrected chi connectivity index (χ3v) is 3.78. The topological polar surface area (TPSA) is 49.0 Å². The lowest BCUT2D eigenvalue weighted by Gasteiger charge is -2.19. The van der Waals surface area contributed by atoms with Crippen molar-refractivity contribution in [3.05, 3.63) is 22.2 Å². The van der Waals surface area contributed by atoms with Crippen molar-refractivity contribution in [1.29, 1.82) is 0 Å². The van der Waals surface area contributed by atoms with Gasteiger partial charge in [-0.05, 0) is 18.3 Å². The number of hydrogen-bond acceptors (Lipinski definition) is 3. The molecule has 2 rings (SSSR count). The fourth-order valence-electron chi connectivity index (χ4n) is 2.44. The highest BCUT2D eigenvalue weighted by Crippen LogP contribution is 2.26. The first-order valence-electron chi connectivity index (χ1n) is 6.83. The molecule has 0 saturated carbocycles. The lowest BCUT2D eigenvalue weighted by molar-refractivity contribution is 0.422. The summed E-state index contributed by atoms with van der Waals surface area (Å²) < 4.78 is 0. The lowest BCUT2D eigenvalue weighted by Crippen LogP contribution is -2.25. The fourth-order valence-corrected chi connectivity index (χ4v) is 2.44. The smallest absolute Gasteiger partial charge is 0.252 e. The zero-order valence-electron chi connectivity index (χ0n) is 11.7. The van der Waals surface area contributed by atoms with Crippen molar-refractivity contribution < 1.29 is 0 Å². The molecule has 1 aliphatic rings. The normalized spacial score (nSPS) is 20.1. The second-order valence-electron chi connectivity index (χ2n) is 5.88. The quantitative estimate of drug-likeness (QED) is 0.894. The molecule has 2 heterocycles. The van der Waals surface area contributed by atoms with Gasteiger partial charge in [0.05, 0.1) is 0 Å². The first kappa shape index (κ1) is 13.1. The van der Waals surface area contributed by atoms with E-state index in [1.807, 2.05) is 13.8 Å². The Kier molecular flexibility index (Phi) is 3.73. The number of aromatic nitrogens is 2. The van der Waals surface area contributed by atoms with Crippen molar-refractivity contribution in [3.8, 4) is 0 Å². The van der Waals surface area contributed by atoms with Crippen molar-refractivity contribution in [3.63, 3.8) is 0 Å². The van der Waals surface area contributed by atoms with Gasteiger partial charge in [0, 0.05) is 25.1 Å². The Hall–Kier alpha value is -1.32. The van der Waals surface area contributed by atoms with Gasteiger partial charge >= 0.3 is 0 Å². The molecule has 4 heteroatoms. The summed E-state index contributed by atoms with van der Waals surface area (Å²) in [5, 5.41) is 0. The van der Waals surface area contributed by atoms with Crippen molar-refractivity contribution in [2.45, 2.75) is 40.0 Å². The van der Waals surface area contributed by atoms with Crippen LogP contribution in [0.15, 0.2) is 10.9 Å². The summed E-state index contributed by atoms with van der Waals surface area (Å²) in [7, 11) is 0. The molecule has 0 amide bonds. The van der Waals surface area contributed by atoms with E-state index in [0.717, 1.165) is 24.7 Å². The first-order valence-corrected chi connectivity index (χ1v) is 6.83. The van der Waals surface area contributed by atoms with E-state index in [0.29, 0.717) is 11.8 Å². The van der Waals surface area contributed by atoms with E-state index < -0.39 is 0 Å². The van der Waals surface area contributed by atoms with E-state index in [1.54, 1.807) is 6.07 Å². The predicted molar refractivity (Wildman–Crippen MR) is 74.1 cm³/mol. The minimum Gasteiger partial charge on any atom is -0.356 e. The van der Waals surface area contributed by atoms with Crippen LogP contribution >= 0.6 is 0 Å². The molecule has 1 atom stereocenters. The maximum atomic E-state index is 11.7. The van der Waals surface area contributed by atoms with Gasteiger partial charge in [-0.25, -0.2) is 4.98 Å². The average molecular weight is 249 g/mol. The van der Waals surface area contributed by atoms with Gasteiger partial charge in [0.2, 0.25) is 0 Å². The highest BCUT2D eigenvalue weighted by atomic mass is 16.1. The standard InChI is InChI=1S/C14H23N3O/c1-9(2)11-5-6-17(8-11)12-7-13(18)16-14(15-12)10(3)4/h7,9-11H,5-6,8H2,1-4H3,(H,15,16,18). The van der Waals surface area contributed by atoms with Crippen LogP contribution in [0.4, 0.5) is 5.82 Å². The van der Waals surface area contributed by atoms with Crippen LogP contribution in [-0.2, 0) is 0 Å². The zero-order valence-corrected chi connectivity index (χ0v) is 11.7. The molecule has 1 saturated heterocycles.